The summed E-state index contributed by atoms with van der Waals surface area (Å²) in [5, 5.41) is 0. The molecule has 2 heterocycles. The van der Waals surface area contributed by atoms with E-state index in [1.54, 1.807) is 4.90 Å². The smallest absolute Gasteiger partial charge is 0.399 e. The first-order valence-corrected chi connectivity index (χ1v) is 8.64. The molecule has 0 N–H and O–H groups in total. The number of fused-ring (bicyclic) bond motifs is 1. The number of carbonyl (C=O) groups is 1. The van der Waals surface area contributed by atoms with E-state index in [4.69, 9.17) is 9.31 Å². The Kier molecular flexibility index (Phi) is 3.57. The van der Waals surface area contributed by atoms with Crippen LogP contribution in [0.2, 0.25) is 0 Å². The summed E-state index contributed by atoms with van der Waals surface area (Å²) in [5.41, 5.74) is 2.90. The molecule has 2 aromatic rings. The van der Waals surface area contributed by atoms with Gasteiger partial charge in [0.05, 0.1) is 17.7 Å². The zero-order valence-electron chi connectivity index (χ0n) is 15.1. The van der Waals surface area contributed by atoms with Crippen LogP contribution in [0.3, 0.4) is 0 Å². The Morgan fingerprint density at radius 3 is 2.24 bits per heavy atom. The van der Waals surface area contributed by atoms with Gasteiger partial charge in [-0.1, -0.05) is 30.3 Å². The molecular weight excluding hydrogens is 313 g/mol. The maximum absolute atomic E-state index is 12.7. The molecule has 0 unspecified atom stereocenters. The van der Waals surface area contributed by atoms with Crippen LogP contribution in [0.15, 0.2) is 48.5 Å². The van der Waals surface area contributed by atoms with Crippen LogP contribution < -0.4 is 10.4 Å². The van der Waals surface area contributed by atoms with Crippen molar-refractivity contribution in [3.05, 3.63) is 59.7 Å². The second-order valence-corrected chi connectivity index (χ2v) is 7.73. The summed E-state index contributed by atoms with van der Waals surface area (Å²) in [5.74, 6) is 0.0432. The minimum absolute atomic E-state index is 0.0432. The number of benzene rings is 2. The van der Waals surface area contributed by atoms with Crippen molar-refractivity contribution in [3.63, 3.8) is 0 Å². The van der Waals surface area contributed by atoms with Gasteiger partial charge in [0.15, 0.2) is 0 Å². The SMILES string of the molecule is CC1(C)OB(c2ccc3c(c2)CN(c2ccccc2)C3=O)OC1(C)C. The fourth-order valence-corrected chi connectivity index (χ4v) is 3.28. The largest absolute Gasteiger partial charge is 0.494 e. The quantitative estimate of drug-likeness (QED) is 0.792. The maximum atomic E-state index is 12.7. The molecule has 2 aliphatic rings. The van der Waals surface area contributed by atoms with Gasteiger partial charge in [0.25, 0.3) is 5.91 Å². The molecule has 2 aliphatic heterocycles. The van der Waals surface area contributed by atoms with E-state index in [1.807, 2.05) is 76.2 Å². The summed E-state index contributed by atoms with van der Waals surface area (Å²) in [4.78, 5) is 14.5. The van der Waals surface area contributed by atoms with Crippen LogP contribution in [0.1, 0.15) is 43.6 Å². The lowest BCUT2D eigenvalue weighted by molar-refractivity contribution is 0.00578. The Bertz CT molecular complexity index is 816. The molecule has 4 nitrogen and oxygen atoms in total. The van der Waals surface area contributed by atoms with Gasteiger partial charge in [0.1, 0.15) is 0 Å². The molecule has 1 saturated heterocycles. The number of nitrogens with zero attached hydrogens (tertiary/aromatic N) is 1. The van der Waals surface area contributed by atoms with Gasteiger partial charge in [0.2, 0.25) is 0 Å². The lowest BCUT2D eigenvalue weighted by Crippen LogP contribution is -2.41. The highest BCUT2D eigenvalue weighted by molar-refractivity contribution is 6.62. The van der Waals surface area contributed by atoms with Crippen molar-refractivity contribution in [2.75, 3.05) is 4.90 Å². The summed E-state index contributed by atoms with van der Waals surface area (Å²) in [6.45, 7) is 8.75. The van der Waals surface area contributed by atoms with Crippen molar-refractivity contribution in [3.8, 4) is 0 Å². The van der Waals surface area contributed by atoms with Gasteiger partial charge in [0, 0.05) is 11.3 Å². The van der Waals surface area contributed by atoms with Crippen molar-refractivity contribution in [2.45, 2.75) is 45.4 Å². The lowest BCUT2D eigenvalue weighted by atomic mass is 9.78. The van der Waals surface area contributed by atoms with E-state index in [-0.39, 0.29) is 17.1 Å². The van der Waals surface area contributed by atoms with E-state index in [0.717, 1.165) is 22.3 Å². The average molecular weight is 335 g/mol. The van der Waals surface area contributed by atoms with Crippen molar-refractivity contribution < 1.29 is 14.1 Å². The number of hydrogen-bond donors (Lipinski definition) is 0. The Hall–Kier alpha value is -2.11. The van der Waals surface area contributed by atoms with Crippen LogP contribution in [0.25, 0.3) is 0 Å². The van der Waals surface area contributed by atoms with E-state index >= 15 is 0 Å². The topological polar surface area (TPSA) is 38.8 Å². The third kappa shape index (κ3) is 2.59. The molecule has 0 aliphatic carbocycles. The number of amides is 1. The first-order valence-electron chi connectivity index (χ1n) is 8.64. The van der Waals surface area contributed by atoms with Crippen LogP contribution in [0.5, 0.6) is 0 Å². The normalized spacial score (nSPS) is 20.9. The van der Waals surface area contributed by atoms with E-state index < -0.39 is 7.12 Å². The number of hydrogen-bond acceptors (Lipinski definition) is 3. The standard InChI is InChI=1S/C20H22BNO3/c1-19(2)20(3,4)25-21(24-19)15-10-11-17-14(12-15)13-22(18(17)23)16-8-6-5-7-9-16/h5-12H,13H2,1-4H3. The second-order valence-electron chi connectivity index (χ2n) is 7.73. The lowest BCUT2D eigenvalue weighted by Gasteiger charge is -2.32. The van der Waals surface area contributed by atoms with Gasteiger partial charge in [-0.3, -0.25) is 4.79 Å². The maximum Gasteiger partial charge on any atom is 0.494 e. The van der Waals surface area contributed by atoms with Gasteiger partial charge in [-0.25, -0.2) is 0 Å². The van der Waals surface area contributed by atoms with Gasteiger partial charge < -0.3 is 14.2 Å². The van der Waals surface area contributed by atoms with E-state index in [2.05, 4.69) is 0 Å². The highest BCUT2D eigenvalue weighted by Gasteiger charge is 2.51. The fourth-order valence-electron chi connectivity index (χ4n) is 3.28. The van der Waals surface area contributed by atoms with Crippen LogP contribution in [0.4, 0.5) is 5.69 Å². The molecule has 1 amide bonds. The number of para-hydroxylation sites is 1. The van der Waals surface area contributed by atoms with E-state index in [9.17, 15) is 4.79 Å². The molecule has 4 rings (SSSR count). The van der Waals surface area contributed by atoms with Crippen LogP contribution in [-0.2, 0) is 15.9 Å². The summed E-state index contributed by atoms with van der Waals surface area (Å²) >= 11 is 0. The minimum atomic E-state index is -0.406. The monoisotopic (exact) mass is 335 g/mol. The molecule has 25 heavy (non-hydrogen) atoms. The summed E-state index contributed by atoms with van der Waals surface area (Å²) in [6, 6.07) is 15.6. The summed E-state index contributed by atoms with van der Waals surface area (Å²) in [7, 11) is -0.406. The first kappa shape index (κ1) is 16.4. The fraction of sp³-hybridized carbons (Fsp3) is 0.350. The molecule has 1 fully saturated rings. The second kappa shape index (κ2) is 5.45. The van der Waals surface area contributed by atoms with Gasteiger partial charge >= 0.3 is 7.12 Å². The molecular formula is C20H22BNO3. The molecule has 0 radical (unpaired) electrons. The predicted octanol–water partition coefficient (Wildman–Crippen LogP) is 3.15. The Morgan fingerprint density at radius 2 is 1.60 bits per heavy atom. The van der Waals surface area contributed by atoms with Crippen molar-refractivity contribution in [1.29, 1.82) is 0 Å². The van der Waals surface area contributed by atoms with Gasteiger partial charge in [-0.05, 0) is 56.9 Å². The molecule has 0 bridgehead atoms. The molecule has 0 aromatic heterocycles. The van der Waals surface area contributed by atoms with Crippen LogP contribution in [0, 0.1) is 0 Å². The summed E-state index contributed by atoms with van der Waals surface area (Å²) < 4.78 is 12.3. The third-order valence-electron chi connectivity index (χ3n) is 5.53. The molecule has 0 spiro atoms. The Morgan fingerprint density at radius 1 is 0.960 bits per heavy atom. The van der Waals surface area contributed by atoms with Gasteiger partial charge in [-0.15, -0.1) is 0 Å². The first-order chi connectivity index (χ1) is 11.8. The zero-order valence-corrected chi connectivity index (χ0v) is 15.1. The minimum Gasteiger partial charge on any atom is -0.399 e. The van der Waals surface area contributed by atoms with Crippen molar-refractivity contribution >= 4 is 24.2 Å². The van der Waals surface area contributed by atoms with Crippen molar-refractivity contribution in [1.82, 2.24) is 0 Å². The van der Waals surface area contributed by atoms with E-state index in [0.29, 0.717) is 6.54 Å². The molecule has 128 valence electrons. The van der Waals surface area contributed by atoms with Crippen LogP contribution in [-0.4, -0.2) is 24.2 Å². The van der Waals surface area contributed by atoms with Crippen LogP contribution >= 0.6 is 0 Å². The molecule has 0 saturated carbocycles. The van der Waals surface area contributed by atoms with Crippen molar-refractivity contribution in [2.24, 2.45) is 0 Å². The highest BCUT2D eigenvalue weighted by atomic mass is 16.7. The summed E-state index contributed by atoms with van der Waals surface area (Å²) in [6.07, 6.45) is 0. The van der Waals surface area contributed by atoms with E-state index in [1.165, 1.54) is 0 Å². The zero-order chi connectivity index (χ0) is 17.8. The number of anilines is 1. The Balaban J connectivity index is 1.63. The molecule has 5 heteroatoms. The third-order valence-corrected chi connectivity index (χ3v) is 5.53. The highest BCUT2D eigenvalue weighted by Crippen LogP contribution is 2.37. The average Bonchev–Trinajstić information content (AvgIpc) is 3.01. The molecule has 0 atom stereocenters. The van der Waals surface area contributed by atoms with Gasteiger partial charge in [-0.2, -0.15) is 0 Å². The Labute approximate surface area is 148 Å². The predicted molar refractivity (Wildman–Crippen MR) is 99.1 cm³/mol. The number of rotatable bonds is 2. The molecule has 2 aromatic carbocycles. The number of carbonyl (C=O) groups excluding carboxylic acids is 1.